The lowest BCUT2D eigenvalue weighted by molar-refractivity contribution is -0.108. The van der Waals surface area contributed by atoms with E-state index < -0.39 is 0 Å². The monoisotopic (exact) mass is 209 g/mol. The Hall–Kier alpha value is -1.71. The molecule has 82 valence electrons. The number of rotatable bonds is 4. The van der Waals surface area contributed by atoms with Gasteiger partial charge in [0.1, 0.15) is 17.8 Å². The van der Waals surface area contributed by atoms with Crippen LogP contribution in [0.2, 0.25) is 0 Å². The van der Waals surface area contributed by atoms with E-state index in [0.717, 1.165) is 11.8 Å². The molecule has 15 heavy (non-hydrogen) atoms. The number of nitrogens with two attached hydrogens (primary N) is 1. The van der Waals surface area contributed by atoms with Gasteiger partial charge < -0.3 is 20.0 Å². The first-order chi connectivity index (χ1) is 7.13. The van der Waals surface area contributed by atoms with Crippen LogP contribution in [0, 0.1) is 0 Å². The molecule has 1 rings (SSSR count). The zero-order chi connectivity index (χ0) is 11.4. The van der Waals surface area contributed by atoms with Crippen molar-refractivity contribution in [2.75, 3.05) is 20.0 Å². The van der Waals surface area contributed by atoms with Crippen molar-refractivity contribution in [3.63, 3.8) is 0 Å². The average Bonchev–Trinajstić information content (AvgIpc) is 2.26. The Labute approximate surface area is 89.0 Å². The van der Waals surface area contributed by atoms with Crippen LogP contribution in [0.15, 0.2) is 12.1 Å². The summed E-state index contributed by atoms with van der Waals surface area (Å²) in [5, 5.41) is 0. The highest BCUT2D eigenvalue weighted by atomic mass is 16.5. The lowest BCUT2D eigenvalue weighted by atomic mass is 10.00. The van der Waals surface area contributed by atoms with Crippen LogP contribution in [0.25, 0.3) is 0 Å². The van der Waals surface area contributed by atoms with E-state index in [1.165, 1.54) is 14.2 Å². The molecular formula is C11H15NO3. The van der Waals surface area contributed by atoms with Crippen molar-refractivity contribution in [1.82, 2.24) is 0 Å². The van der Waals surface area contributed by atoms with E-state index in [0.29, 0.717) is 17.2 Å². The fourth-order valence-electron chi connectivity index (χ4n) is 1.48. The fraction of sp³-hybridized carbons (Fsp3) is 0.364. The van der Waals surface area contributed by atoms with Crippen LogP contribution in [0.5, 0.6) is 11.5 Å². The van der Waals surface area contributed by atoms with E-state index >= 15 is 0 Å². The maximum absolute atomic E-state index is 10.8. The summed E-state index contributed by atoms with van der Waals surface area (Å²) in [7, 11) is 3.07. The number of anilines is 1. The summed E-state index contributed by atoms with van der Waals surface area (Å²) in [6.07, 6.45) is 0.844. The molecular weight excluding hydrogens is 194 g/mol. The Balaban J connectivity index is 3.36. The predicted molar refractivity (Wildman–Crippen MR) is 58.4 cm³/mol. The Morgan fingerprint density at radius 3 is 2.07 bits per heavy atom. The summed E-state index contributed by atoms with van der Waals surface area (Å²) in [6.45, 7) is 1.78. The van der Waals surface area contributed by atoms with Crippen LogP contribution >= 0.6 is 0 Å². The highest BCUT2D eigenvalue weighted by molar-refractivity contribution is 5.69. The van der Waals surface area contributed by atoms with Gasteiger partial charge in [0.15, 0.2) is 0 Å². The molecule has 1 atom stereocenters. The molecule has 4 nitrogen and oxygen atoms in total. The minimum absolute atomic E-state index is 0.282. The first kappa shape index (κ1) is 11.4. The topological polar surface area (TPSA) is 61.6 Å². The number of methoxy groups -OCH3 is 2. The summed E-state index contributed by atoms with van der Waals surface area (Å²) in [6, 6.07) is 3.36. The second kappa shape index (κ2) is 4.68. The molecule has 4 heteroatoms. The molecule has 0 aromatic heterocycles. The zero-order valence-corrected chi connectivity index (χ0v) is 9.11. The van der Waals surface area contributed by atoms with Crippen LogP contribution in [0.3, 0.4) is 0 Å². The Morgan fingerprint density at radius 2 is 1.73 bits per heavy atom. The third kappa shape index (κ3) is 2.21. The number of aldehydes is 1. The number of ether oxygens (including phenoxy) is 2. The first-order valence-corrected chi connectivity index (χ1v) is 4.60. The molecule has 0 aliphatic carbocycles. The van der Waals surface area contributed by atoms with Gasteiger partial charge in [0, 0.05) is 29.3 Å². The molecule has 0 saturated heterocycles. The molecule has 0 aliphatic heterocycles. The molecule has 0 radical (unpaired) electrons. The van der Waals surface area contributed by atoms with E-state index in [1.54, 1.807) is 19.1 Å². The number of carbonyl (C=O) groups is 1. The molecule has 0 bridgehead atoms. The molecule has 0 amide bonds. The van der Waals surface area contributed by atoms with Crippen molar-refractivity contribution in [1.29, 1.82) is 0 Å². The summed E-state index contributed by atoms with van der Waals surface area (Å²) in [4.78, 5) is 10.8. The smallest absolute Gasteiger partial charge is 0.128 e. The van der Waals surface area contributed by atoms with Crippen molar-refractivity contribution in [2.45, 2.75) is 12.8 Å². The maximum atomic E-state index is 10.8. The second-order valence-corrected chi connectivity index (χ2v) is 3.26. The van der Waals surface area contributed by atoms with Crippen molar-refractivity contribution in [3.05, 3.63) is 17.7 Å². The Kier molecular flexibility index (Phi) is 3.55. The molecule has 1 unspecified atom stereocenters. The minimum Gasteiger partial charge on any atom is -0.496 e. The van der Waals surface area contributed by atoms with Gasteiger partial charge in [-0.15, -0.1) is 0 Å². The van der Waals surface area contributed by atoms with Crippen molar-refractivity contribution >= 4 is 12.0 Å². The van der Waals surface area contributed by atoms with E-state index in [4.69, 9.17) is 15.2 Å². The van der Waals surface area contributed by atoms with E-state index in [1.807, 2.05) is 0 Å². The SMILES string of the molecule is COc1cc(N)cc(OC)c1C(C)C=O. The largest absolute Gasteiger partial charge is 0.496 e. The third-order valence-corrected chi connectivity index (χ3v) is 2.23. The standard InChI is InChI=1S/C11H15NO3/c1-7(6-13)11-9(14-2)4-8(12)5-10(11)15-3/h4-7H,12H2,1-3H3. The normalized spacial score (nSPS) is 11.9. The van der Waals surface area contributed by atoms with Crippen LogP contribution < -0.4 is 15.2 Å². The van der Waals surface area contributed by atoms with Gasteiger partial charge in [-0.25, -0.2) is 0 Å². The van der Waals surface area contributed by atoms with Gasteiger partial charge in [0.05, 0.1) is 14.2 Å². The molecule has 1 aromatic rings. The van der Waals surface area contributed by atoms with Crippen LogP contribution in [0.1, 0.15) is 18.4 Å². The van der Waals surface area contributed by atoms with E-state index in [2.05, 4.69) is 0 Å². The second-order valence-electron chi connectivity index (χ2n) is 3.26. The summed E-state index contributed by atoms with van der Waals surface area (Å²) in [5.74, 6) is 0.869. The zero-order valence-electron chi connectivity index (χ0n) is 9.11. The lowest BCUT2D eigenvalue weighted by Gasteiger charge is -2.15. The van der Waals surface area contributed by atoms with Crippen molar-refractivity contribution in [3.8, 4) is 11.5 Å². The fourth-order valence-corrected chi connectivity index (χ4v) is 1.48. The van der Waals surface area contributed by atoms with Crippen LogP contribution in [-0.2, 0) is 4.79 Å². The van der Waals surface area contributed by atoms with Crippen molar-refractivity contribution < 1.29 is 14.3 Å². The lowest BCUT2D eigenvalue weighted by Crippen LogP contribution is -2.03. The molecule has 0 saturated carbocycles. The van der Waals surface area contributed by atoms with E-state index in [-0.39, 0.29) is 5.92 Å². The number of hydrogen-bond donors (Lipinski definition) is 1. The third-order valence-electron chi connectivity index (χ3n) is 2.23. The number of nitrogen functional groups attached to an aromatic ring is 1. The van der Waals surface area contributed by atoms with Gasteiger partial charge in [-0.05, 0) is 0 Å². The number of hydrogen-bond acceptors (Lipinski definition) is 4. The molecule has 1 aromatic carbocycles. The highest BCUT2D eigenvalue weighted by Crippen LogP contribution is 2.36. The molecule has 0 heterocycles. The van der Waals surface area contributed by atoms with Crippen LogP contribution in [0.4, 0.5) is 5.69 Å². The maximum Gasteiger partial charge on any atom is 0.128 e. The van der Waals surface area contributed by atoms with Crippen molar-refractivity contribution in [2.24, 2.45) is 0 Å². The molecule has 0 spiro atoms. The van der Waals surface area contributed by atoms with Gasteiger partial charge in [-0.3, -0.25) is 0 Å². The van der Waals surface area contributed by atoms with Gasteiger partial charge in [-0.1, -0.05) is 6.92 Å². The van der Waals surface area contributed by atoms with Crippen LogP contribution in [-0.4, -0.2) is 20.5 Å². The number of carbonyl (C=O) groups excluding carboxylic acids is 1. The van der Waals surface area contributed by atoms with Gasteiger partial charge in [0.25, 0.3) is 0 Å². The predicted octanol–water partition coefficient (Wildman–Crippen LogP) is 1.59. The van der Waals surface area contributed by atoms with E-state index in [9.17, 15) is 4.79 Å². The summed E-state index contributed by atoms with van der Waals surface area (Å²) >= 11 is 0. The highest BCUT2D eigenvalue weighted by Gasteiger charge is 2.17. The Morgan fingerprint density at radius 1 is 1.27 bits per heavy atom. The van der Waals surface area contributed by atoms with Gasteiger partial charge >= 0.3 is 0 Å². The molecule has 0 fully saturated rings. The van der Waals surface area contributed by atoms with Gasteiger partial charge in [-0.2, -0.15) is 0 Å². The Bertz CT molecular complexity index is 338. The molecule has 2 N–H and O–H groups in total. The van der Waals surface area contributed by atoms with Gasteiger partial charge in [0.2, 0.25) is 0 Å². The minimum atomic E-state index is -0.282. The average molecular weight is 209 g/mol. The summed E-state index contributed by atoms with van der Waals surface area (Å²) in [5.41, 5.74) is 6.95. The quantitative estimate of drug-likeness (QED) is 0.604. The number of benzene rings is 1. The summed E-state index contributed by atoms with van der Waals surface area (Å²) < 4.78 is 10.3. The molecule has 0 aliphatic rings. The first-order valence-electron chi connectivity index (χ1n) is 4.60.